The second-order valence-corrected chi connectivity index (χ2v) is 20.9. The van der Waals surface area contributed by atoms with E-state index in [0.717, 1.165) is 122 Å². The number of unbranched alkanes of at least 4 members (excludes halogenated alkanes) is 26. The zero-order valence-electron chi connectivity index (χ0n) is 50.2. The minimum Gasteiger partial charge on any atom is -0.462 e. The average molecular weight is 1070 g/mol. The standard InChI is InChI=1S/C71H118O6/c1-4-7-10-13-16-19-22-25-28-31-32-33-34-35-36-37-38-41-43-46-49-52-55-58-61-64-70(73)76-67-68(77-71(74)65-62-59-56-53-50-47-44-40-30-27-24-21-18-15-12-9-6-3)66-75-69(72)63-60-57-54-51-48-45-42-39-29-26-23-20-17-14-11-8-5-2/h7,10,16,18-19,21,25-30,32-33,35-36,38,41,46,49,68H,4-6,8-9,11-15,17,20,22-24,31,34,37,39-40,42-45,47-48,50-67H2,1-3H3/b10-7-,19-16-,21-18-,28-25-,29-26-,30-27-,33-32-,36-35-,41-38-,49-46-. The van der Waals surface area contributed by atoms with Crippen molar-refractivity contribution in [1.29, 1.82) is 0 Å². The Hall–Kier alpha value is -4.19. The Morgan fingerprint density at radius 2 is 0.506 bits per heavy atom. The number of esters is 3. The first-order chi connectivity index (χ1) is 38.0. The molecule has 0 saturated heterocycles. The van der Waals surface area contributed by atoms with Crippen molar-refractivity contribution >= 4 is 17.9 Å². The van der Waals surface area contributed by atoms with Crippen LogP contribution in [0.25, 0.3) is 0 Å². The van der Waals surface area contributed by atoms with Crippen LogP contribution in [-0.2, 0) is 28.6 Å². The molecule has 0 N–H and O–H groups in total. The average Bonchev–Trinajstić information content (AvgIpc) is 3.43. The molecule has 0 heterocycles. The normalized spacial score (nSPS) is 12.9. The molecular formula is C71H118O6. The molecule has 0 aromatic heterocycles. The van der Waals surface area contributed by atoms with Gasteiger partial charge in [-0.3, -0.25) is 14.4 Å². The van der Waals surface area contributed by atoms with Gasteiger partial charge in [0.05, 0.1) is 0 Å². The second kappa shape index (κ2) is 64.3. The van der Waals surface area contributed by atoms with Gasteiger partial charge in [-0.25, -0.2) is 0 Å². The fourth-order valence-corrected chi connectivity index (χ4v) is 8.62. The van der Waals surface area contributed by atoms with Crippen LogP contribution in [0.3, 0.4) is 0 Å². The van der Waals surface area contributed by atoms with Crippen molar-refractivity contribution in [3.63, 3.8) is 0 Å². The number of ether oxygens (including phenoxy) is 3. The SMILES string of the molecule is CC/C=C\C/C=C\C/C=C\C/C=C\C/C=C\C/C=C\C/C=C\CCCCCC(=O)OCC(COC(=O)CCCCCCCCC/C=C\CCCCCCCC)OC(=O)CCCCCCCCC/C=C\C/C=C\CCCCC. The molecular weight excluding hydrogens is 949 g/mol. The minimum atomic E-state index is -0.803. The maximum Gasteiger partial charge on any atom is 0.306 e. The van der Waals surface area contributed by atoms with E-state index >= 15 is 0 Å². The summed E-state index contributed by atoms with van der Waals surface area (Å²) in [6.45, 7) is 6.47. The van der Waals surface area contributed by atoms with Gasteiger partial charge in [-0.05, 0) is 135 Å². The largest absolute Gasteiger partial charge is 0.462 e. The predicted molar refractivity (Wildman–Crippen MR) is 334 cm³/mol. The lowest BCUT2D eigenvalue weighted by Crippen LogP contribution is -2.30. The van der Waals surface area contributed by atoms with Crippen LogP contribution in [0.5, 0.6) is 0 Å². The van der Waals surface area contributed by atoms with Crippen molar-refractivity contribution in [2.45, 2.75) is 297 Å². The Morgan fingerprint density at radius 1 is 0.273 bits per heavy atom. The van der Waals surface area contributed by atoms with E-state index in [0.29, 0.717) is 19.3 Å². The molecule has 0 aliphatic heterocycles. The van der Waals surface area contributed by atoms with Crippen LogP contribution in [0.1, 0.15) is 290 Å². The fourth-order valence-electron chi connectivity index (χ4n) is 8.62. The van der Waals surface area contributed by atoms with Gasteiger partial charge in [-0.15, -0.1) is 0 Å². The highest BCUT2D eigenvalue weighted by atomic mass is 16.6. The van der Waals surface area contributed by atoms with E-state index < -0.39 is 6.10 Å². The molecule has 0 spiro atoms. The number of hydrogen-bond donors (Lipinski definition) is 0. The summed E-state index contributed by atoms with van der Waals surface area (Å²) in [5.41, 5.74) is 0. The summed E-state index contributed by atoms with van der Waals surface area (Å²) in [6.07, 6.45) is 89.1. The smallest absolute Gasteiger partial charge is 0.306 e. The van der Waals surface area contributed by atoms with Crippen molar-refractivity contribution in [2.24, 2.45) is 0 Å². The van der Waals surface area contributed by atoms with E-state index in [9.17, 15) is 14.4 Å². The van der Waals surface area contributed by atoms with Crippen molar-refractivity contribution in [3.8, 4) is 0 Å². The van der Waals surface area contributed by atoms with E-state index in [4.69, 9.17) is 14.2 Å². The third-order valence-electron chi connectivity index (χ3n) is 13.4. The van der Waals surface area contributed by atoms with E-state index in [1.807, 2.05) is 0 Å². The lowest BCUT2D eigenvalue weighted by molar-refractivity contribution is -0.167. The number of rotatable bonds is 57. The summed E-state index contributed by atoms with van der Waals surface area (Å²) < 4.78 is 16.9. The molecule has 6 heteroatoms. The van der Waals surface area contributed by atoms with Crippen LogP contribution in [0, 0.1) is 0 Å². The summed E-state index contributed by atoms with van der Waals surface area (Å²) in [6, 6.07) is 0. The lowest BCUT2D eigenvalue weighted by Gasteiger charge is -2.18. The van der Waals surface area contributed by atoms with Gasteiger partial charge in [0, 0.05) is 19.3 Å². The van der Waals surface area contributed by atoms with Crippen LogP contribution < -0.4 is 0 Å². The first-order valence-corrected chi connectivity index (χ1v) is 32.0. The fraction of sp³-hybridized carbons (Fsp3) is 0.676. The molecule has 1 atom stereocenters. The molecule has 0 bridgehead atoms. The molecule has 0 aromatic rings. The van der Waals surface area contributed by atoms with E-state index in [2.05, 4.69) is 142 Å². The number of carbonyl (C=O) groups is 3. The minimum absolute atomic E-state index is 0.0961. The Balaban J connectivity index is 4.47. The molecule has 77 heavy (non-hydrogen) atoms. The maximum absolute atomic E-state index is 12.9. The molecule has 438 valence electrons. The Kier molecular flexibility index (Phi) is 60.8. The topological polar surface area (TPSA) is 78.9 Å². The third kappa shape index (κ3) is 62.5. The predicted octanol–water partition coefficient (Wildman–Crippen LogP) is 22.0. The second-order valence-electron chi connectivity index (χ2n) is 20.9. The quantitative estimate of drug-likeness (QED) is 0.0261. The summed E-state index contributed by atoms with van der Waals surface area (Å²) in [5.74, 6) is -0.938. The molecule has 0 saturated carbocycles. The first-order valence-electron chi connectivity index (χ1n) is 32.0. The van der Waals surface area contributed by atoms with Gasteiger partial charge in [-0.2, -0.15) is 0 Å². The molecule has 0 rings (SSSR count). The summed E-state index contributed by atoms with van der Waals surface area (Å²) in [4.78, 5) is 38.3. The van der Waals surface area contributed by atoms with Crippen LogP contribution in [0.15, 0.2) is 122 Å². The molecule has 0 aliphatic rings. The summed E-state index contributed by atoms with van der Waals surface area (Å²) >= 11 is 0. The summed E-state index contributed by atoms with van der Waals surface area (Å²) in [5, 5.41) is 0. The van der Waals surface area contributed by atoms with Gasteiger partial charge in [0.1, 0.15) is 13.2 Å². The number of carbonyl (C=O) groups excluding carboxylic acids is 3. The monoisotopic (exact) mass is 1070 g/mol. The zero-order chi connectivity index (χ0) is 55.7. The number of allylic oxidation sites excluding steroid dienone is 20. The Labute approximate surface area is 475 Å². The van der Waals surface area contributed by atoms with Crippen LogP contribution in [0.4, 0.5) is 0 Å². The lowest BCUT2D eigenvalue weighted by atomic mass is 10.1. The maximum atomic E-state index is 12.9. The highest BCUT2D eigenvalue weighted by Gasteiger charge is 2.19. The molecule has 0 aliphatic carbocycles. The van der Waals surface area contributed by atoms with Crippen molar-refractivity contribution in [3.05, 3.63) is 122 Å². The number of hydrogen-bond acceptors (Lipinski definition) is 6. The zero-order valence-corrected chi connectivity index (χ0v) is 50.2. The van der Waals surface area contributed by atoms with Crippen molar-refractivity contribution in [2.75, 3.05) is 13.2 Å². The first kappa shape index (κ1) is 72.8. The van der Waals surface area contributed by atoms with E-state index in [1.54, 1.807) is 0 Å². The van der Waals surface area contributed by atoms with Gasteiger partial charge >= 0.3 is 17.9 Å². The molecule has 6 nitrogen and oxygen atoms in total. The van der Waals surface area contributed by atoms with Crippen LogP contribution in [-0.4, -0.2) is 37.2 Å². The highest BCUT2D eigenvalue weighted by molar-refractivity contribution is 5.71. The molecule has 0 radical (unpaired) electrons. The van der Waals surface area contributed by atoms with Crippen molar-refractivity contribution in [1.82, 2.24) is 0 Å². The van der Waals surface area contributed by atoms with Gasteiger partial charge in [0.15, 0.2) is 6.10 Å². The van der Waals surface area contributed by atoms with Gasteiger partial charge in [0.25, 0.3) is 0 Å². The highest BCUT2D eigenvalue weighted by Crippen LogP contribution is 2.15. The van der Waals surface area contributed by atoms with E-state index in [-0.39, 0.29) is 31.1 Å². The summed E-state index contributed by atoms with van der Waals surface area (Å²) in [7, 11) is 0. The third-order valence-corrected chi connectivity index (χ3v) is 13.4. The van der Waals surface area contributed by atoms with E-state index in [1.165, 1.54) is 128 Å². The Bertz CT molecular complexity index is 1600. The van der Waals surface area contributed by atoms with Crippen LogP contribution >= 0.6 is 0 Å². The Morgan fingerprint density at radius 3 is 0.844 bits per heavy atom. The van der Waals surface area contributed by atoms with Crippen LogP contribution in [0.2, 0.25) is 0 Å². The van der Waals surface area contributed by atoms with Gasteiger partial charge < -0.3 is 14.2 Å². The molecule has 1 unspecified atom stereocenters. The molecule has 0 aromatic carbocycles. The van der Waals surface area contributed by atoms with Gasteiger partial charge in [0.2, 0.25) is 0 Å². The van der Waals surface area contributed by atoms with Gasteiger partial charge in [-0.1, -0.05) is 258 Å². The molecule has 0 amide bonds. The van der Waals surface area contributed by atoms with Crippen molar-refractivity contribution < 1.29 is 28.6 Å². The molecule has 0 fully saturated rings.